The Morgan fingerprint density at radius 2 is 2.00 bits per heavy atom. The Balaban J connectivity index is 1.26. The number of hydrogen-bond acceptors (Lipinski definition) is 5. The van der Waals surface area contributed by atoms with Crippen molar-refractivity contribution in [2.75, 3.05) is 32.8 Å². The minimum Gasteiger partial charge on any atom is -0.491 e. The van der Waals surface area contributed by atoms with Gasteiger partial charge < -0.3 is 14.4 Å². The number of halogens is 1. The van der Waals surface area contributed by atoms with Crippen molar-refractivity contribution < 1.29 is 18.7 Å². The third-order valence-electron chi connectivity index (χ3n) is 5.58. The minimum atomic E-state index is -0.294. The third-order valence-corrected chi connectivity index (χ3v) is 5.58. The number of nitrogens with zero attached hydrogens (tertiary/aromatic N) is 4. The minimum absolute atomic E-state index is 0.0498. The van der Waals surface area contributed by atoms with Crippen molar-refractivity contribution in [1.82, 2.24) is 19.6 Å². The van der Waals surface area contributed by atoms with Crippen molar-refractivity contribution in [1.29, 1.82) is 0 Å². The van der Waals surface area contributed by atoms with Gasteiger partial charge in [-0.2, -0.15) is 5.10 Å². The van der Waals surface area contributed by atoms with E-state index in [9.17, 15) is 9.18 Å². The van der Waals surface area contributed by atoms with E-state index in [1.54, 1.807) is 12.1 Å². The molecule has 1 atom stereocenters. The molecule has 29 heavy (non-hydrogen) atoms. The smallest absolute Gasteiger partial charge is 0.248 e. The van der Waals surface area contributed by atoms with Crippen LogP contribution in [0.2, 0.25) is 0 Å². The fourth-order valence-corrected chi connectivity index (χ4v) is 4.02. The summed E-state index contributed by atoms with van der Waals surface area (Å²) in [6.45, 7) is 3.78. The van der Waals surface area contributed by atoms with Gasteiger partial charge in [-0.15, -0.1) is 0 Å². The summed E-state index contributed by atoms with van der Waals surface area (Å²) in [4.78, 5) is 16.8. The number of carbonyl (C=O) groups excluding carboxylic acids is 1. The van der Waals surface area contributed by atoms with E-state index in [1.807, 2.05) is 29.0 Å². The van der Waals surface area contributed by atoms with E-state index in [-0.39, 0.29) is 30.5 Å². The monoisotopic (exact) mass is 402 g/mol. The highest BCUT2D eigenvalue weighted by molar-refractivity contribution is 5.78. The molecule has 0 N–H and O–H groups in total. The maximum atomic E-state index is 13.0. The van der Waals surface area contributed by atoms with Gasteiger partial charge in [-0.1, -0.05) is 0 Å². The zero-order chi connectivity index (χ0) is 20.2. The lowest BCUT2D eigenvalue weighted by molar-refractivity contribution is -0.155. The summed E-state index contributed by atoms with van der Waals surface area (Å²) in [5.74, 6) is 0.355. The summed E-state index contributed by atoms with van der Waals surface area (Å²) in [7, 11) is 1.93. The molecule has 2 aliphatic rings. The number of morpholine rings is 1. The van der Waals surface area contributed by atoms with E-state index in [0.29, 0.717) is 18.9 Å². The molecule has 1 aromatic carbocycles. The molecule has 0 radical (unpaired) electrons. The van der Waals surface area contributed by atoms with Crippen molar-refractivity contribution >= 4 is 5.91 Å². The summed E-state index contributed by atoms with van der Waals surface area (Å²) >= 11 is 0. The molecule has 2 aromatic rings. The first-order valence-corrected chi connectivity index (χ1v) is 10.1. The largest absolute Gasteiger partial charge is 0.491 e. The number of rotatable bonds is 6. The molecule has 0 saturated carbocycles. The van der Waals surface area contributed by atoms with Crippen LogP contribution in [-0.2, 0) is 23.1 Å². The van der Waals surface area contributed by atoms with Crippen molar-refractivity contribution in [2.45, 2.75) is 31.5 Å². The lowest BCUT2D eigenvalue weighted by Crippen LogP contribution is -2.55. The lowest BCUT2D eigenvalue weighted by atomic mass is 10.0. The summed E-state index contributed by atoms with van der Waals surface area (Å²) in [6.07, 6.45) is 5.69. The van der Waals surface area contributed by atoms with E-state index in [0.717, 1.165) is 32.5 Å². The standard InChI is InChI=1S/C21H27FN4O3/c1-24-11-16(10-23-24)12-25-8-6-18(7-9-25)26-13-20(29-15-21(26)27)14-28-19-4-2-17(22)3-5-19/h2-5,10-11,18,20H,6-9,12-15H2,1H3/t20-/m0/s1. The number of likely N-dealkylation sites (tertiary alicyclic amines) is 1. The number of benzene rings is 1. The topological polar surface area (TPSA) is 59.8 Å². The number of ether oxygens (including phenoxy) is 2. The average Bonchev–Trinajstić information content (AvgIpc) is 3.14. The highest BCUT2D eigenvalue weighted by Crippen LogP contribution is 2.22. The Labute approximate surface area is 170 Å². The quantitative estimate of drug-likeness (QED) is 0.738. The predicted molar refractivity (Wildman–Crippen MR) is 105 cm³/mol. The van der Waals surface area contributed by atoms with Crippen LogP contribution in [0.3, 0.4) is 0 Å². The van der Waals surface area contributed by atoms with E-state index in [1.165, 1.54) is 17.7 Å². The molecule has 2 aliphatic heterocycles. The van der Waals surface area contributed by atoms with Crippen molar-refractivity contribution in [3.05, 3.63) is 48.0 Å². The summed E-state index contributed by atoms with van der Waals surface area (Å²) < 4.78 is 26.2. The van der Waals surface area contributed by atoms with Crippen molar-refractivity contribution in [3.8, 4) is 5.75 Å². The zero-order valence-electron chi connectivity index (χ0n) is 16.7. The molecule has 0 bridgehead atoms. The fourth-order valence-electron chi connectivity index (χ4n) is 4.02. The number of aromatic nitrogens is 2. The number of aryl methyl sites for hydroxylation is 1. The highest BCUT2D eigenvalue weighted by Gasteiger charge is 2.33. The zero-order valence-corrected chi connectivity index (χ0v) is 16.7. The van der Waals surface area contributed by atoms with E-state index in [2.05, 4.69) is 10.00 Å². The van der Waals surface area contributed by atoms with Crippen LogP contribution in [0.25, 0.3) is 0 Å². The number of carbonyl (C=O) groups is 1. The van der Waals surface area contributed by atoms with Gasteiger partial charge in [0.05, 0.1) is 12.7 Å². The number of amides is 1. The molecule has 2 saturated heterocycles. The molecular formula is C21H27FN4O3. The van der Waals surface area contributed by atoms with E-state index < -0.39 is 0 Å². The summed E-state index contributed by atoms with van der Waals surface area (Å²) in [6, 6.07) is 6.17. The number of hydrogen-bond donors (Lipinski definition) is 0. The first-order chi connectivity index (χ1) is 14.1. The molecule has 2 fully saturated rings. The first kappa shape index (κ1) is 19.8. The Kier molecular flexibility index (Phi) is 6.10. The van der Waals surface area contributed by atoms with Gasteiger partial charge in [0.25, 0.3) is 0 Å². The summed E-state index contributed by atoms with van der Waals surface area (Å²) in [5, 5.41) is 4.23. The molecule has 0 spiro atoms. The second-order valence-corrected chi connectivity index (χ2v) is 7.77. The van der Waals surface area contributed by atoms with Crippen LogP contribution >= 0.6 is 0 Å². The van der Waals surface area contributed by atoms with Crippen LogP contribution in [0.5, 0.6) is 5.75 Å². The maximum absolute atomic E-state index is 13.0. The van der Waals surface area contributed by atoms with E-state index in [4.69, 9.17) is 9.47 Å². The van der Waals surface area contributed by atoms with E-state index >= 15 is 0 Å². The van der Waals surface area contributed by atoms with Gasteiger partial charge in [-0.25, -0.2) is 4.39 Å². The van der Waals surface area contributed by atoms with Crippen molar-refractivity contribution in [2.24, 2.45) is 7.05 Å². The third kappa shape index (κ3) is 5.13. The van der Waals surface area contributed by atoms with Gasteiger partial charge in [0, 0.05) is 44.5 Å². The van der Waals surface area contributed by atoms with Crippen LogP contribution in [0.15, 0.2) is 36.7 Å². The van der Waals surface area contributed by atoms with Gasteiger partial charge in [-0.3, -0.25) is 14.4 Å². The molecular weight excluding hydrogens is 375 g/mol. The lowest BCUT2D eigenvalue weighted by Gasteiger charge is -2.42. The van der Waals surface area contributed by atoms with Gasteiger partial charge in [0.2, 0.25) is 5.91 Å². The van der Waals surface area contributed by atoms with Gasteiger partial charge in [0.15, 0.2) is 0 Å². The Bertz CT molecular complexity index is 818. The molecule has 8 heteroatoms. The molecule has 0 aliphatic carbocycles. The highest BCUT2D eigenvalue weighted by atomic mass is 19.1. The van der Waals surface area contributed by atoms with Crippen molar-refractivity contribution in [3.63, 3.8) is 0 Å². The number of piperidine rings is 1. The molecule has 7 nitrogen and oxygen atoms in total. The normalized spacial score (nSPS) is 21.5. The molecule has 1 amide bonds. The molecule has 3 heterocycles. The Morgan fingerprint density at radius 3 is 2.69 bits per heavy atom. The Hall–Kier alpha value is -2.45. The van der Waals surface area contributed by atoms with Crippen LogP contribution in [-0.4, -0.2) is 70.5 Å². The Morgan fingerprint density at radius 1 is 1.24 bits per heavy atom. The second kappa shape index (κ2) is 8.92. The average molecular weight is 402 g/mol. The van der Waals surface area contributed by atoms with Gasteiger partial charge in [-0.05, 0) is 37.1 Å². The maximum Gasteiger partial charge on any atom is 0.248 e. The molecule has 0 unspecified atom stereocenters. The van der Waals surface area contributed by atoms with Gasteiger partial charge >= 0.3 is 0 Å². The molecule has 1 aromatic heterocycles. The van der Waals surface area contributed by atoms with Crippen LogP contribution in [0.1, 0.15) is 18.4 Å². The predicted octanol–water partition coefficient (Wildman–Crippen LogP) is 1.83. The molecule has 4 rings (SSSR count). The van der Waals surface area contributed by atoms with Crippen LogP contribution < -0.4 is 4.74 Å². The van der Waals surface area contributed by atoms with Gasteiger partial charge in [0.1, 0.15) is 30.9 Å². The second-order valence-electron chi connectivity index (χ2n) is 7.77. The fraction of sp³-hybridized carbons (Fsp3) is 0.524. The molecule has 156 valence electrons. The summed E-state index contributed by atoms with van der Waals surface area (Å²) in [5.41, 5.74) is 1.21. The van der Waals surface area contributed by atoms with Crippen LogP contribution in [0.4, 0.5) is 4.39 Å². The first-order valence-electron chi connectivity index (χ1n) is 10.1. The van der Waals surface area contributed by atoms with Crippen LogP contribution in [0, 0.1) is 5.82 Å². The SMILES string of the molecule is Cn1cc(CN2CCC(N3C[C@@H](COc4ccc(F)cc4)OCC3=O)CC2)cn1.